The van der Waals surface area contributed by atoms with Crippen LogP contribution < -0.4 is 20.1 Å². The van der Waals surface area contributed by atoms with E-state index in [1.54, 1.807) is 7.05 Å². The number of aliphatic imine (C=N–C) groups is 1. The average Bonchev–Trinajstić information content (AvgIpc) is 3.29. The zero-order chi connectivity index (χ0) is 13.8. The minimum Gasteiger partial charge on any atom is -0.490 e. The fourth-order valence-corrected chi connectivity index (χ4v) is 2.19. The first kappa shape index (κ1) is 13.1. The van der Waals surface area contributed by atoms with Crippen LogP contribution in [0.1, 0.15) is 24.8 Å². The Kier molecular flexibility index (Phi) is 3.95. The van der Waals surface area contributed by atoms with Crippen molar-refractivity contribution in [2.24, 2.45) is 4.99 Å². The van der Waals surface area contributed by atoms with Crippen LogP contribution in [-0.4, -0.2) is 32.3 Å². The smallest absolute Gasteiger partial charge is 0.191 e. The highest BCUT2D eigenvalue weighted by Gasteiger charge is 2.22. The Morgan fingerprint density at radius 3 is 2.95 bits per heavy atom. The standard InChI is InChI=1S/C15H21N3O2/c1-16-15(18-12-6-7-12)17-10-11-4-2-5-13-14(11)20-9-3-8-19-13/h2,4-5,12H,3,6-10H2,1H3,(H2,16,17,18). The van der Waals surface area contributed by atoms with Gasteiger partial charge in [0.15, 0.2) is 17.5 Å². The van der Waals surface area contributed by atoms with Crippen LogP contribution in [-0.2, 0) is 6.54 Å². The molecule has 108 valence electrons. The molecule has 20 heavy (non-hydrogen) atoms. The van der Waals surface area contributed by atoms with Gasteiger partial charge >= 0.3 is 0 Å². The molecule has 1 aromatic carbocycles. The summed E-state index contributed by atoms with van der Waals surface area (Å²) in [6.07, 6.45) is 3.39. The van der Waals surface area contributed by atoms with Crippen LogP contribution in [0.5, 0.6) is 11.5 Å². The third-order valence-electron chi connectivity index (χ3n) is 3.44. The Labute approximate surface area is 119 Å². The summed E-state index contributed by atoms with van der Waals surface area (Å²) in [5.74, 6) is 2.55. The van der Waals surface area contributed by atoms with Gasteiger partial charge < -0.3 is 20.1 Å². The number of hydrogen-bond acceptors (Lipinski definition) is 3. The van der Waals surface area contributed by atoms with E-state index in [2.05, 4.69) is 21.7 Å². The maximum atomic E-state index is 5.81. The molecule has 2 aliphatic rings. The van der Waals surface area contributed by atoms with Crippen molar-refractivity contribution in [2.75, 3.05) is 20.3 Å². The number of hydrogen-bond donors (Lipinski definition) is 2. The number of guanidine groups is 1. The third-order valence-corrected chi connectivity index (χ3v) is 3.44. The lowest BCUT2D eigenvalue weighted by Crippen LogP contribution is -2.38. The highest BCUT2D eigenvalue weighted by Crippen LogP contribution is 2.33. The van der Waals surface area contributed by atoms with Gasteiger partial charge in [0.25, 0.3) is 0 Å². The largest absolute Gasteiger partial charge is 0.490 e. The van der Waals surface area contributed by atoms with Gasteiger partial charge in [-0.1, -0.05) is 12.1 Å². The molecule has 5 nitrogen and oxygen atoms in total. The highest BCUT2D eigenvalue weighted by molar-refractivity contribution is 5.80. The molecule has 2 N–H and O–H groups in total. The van der Waals surface area contributed by atoms with Gasteiger partial charge in [-0.15, -0.1) is 0 Å². The molecule has 1 fully saturated rings. The van der Waals surface area contributed by atoms with Gasteiger partial charge in [-0.05, 0) is 18.9 Å². The average molecular weight is 275 g/mol. The second-order valence-corrected chi connectivity index (χ2v) is 5.14. The number of para-hydroxylation sites is 1. The lowest BCUT2D eigenvalue weighted by atomic mass is 10.2. The van der Waals surface area contributed by atoms with Gasteiger partial charge in [0.05, 0.1) is 13.2 Å². The van der Waals surface area contributed by atoms with Crippen LogP contribution in [0.2, 0.25) is 0 Å². The van der Waals surface area contributed by atoms with E-state index in [-0.39, 0.29) is 0 Å². The Morgan fingerprint density at radius 1 is 1.30 bits per heavy atom. The normalized spacial score (nSPS) is 18.4. The summed E-state index contributed by atoms with van der Waals surface area (Å²) in [6, 6.07) is 6.61. The lowest BCUT2D eigenvalue weighted by molar-refractivity contribution is 0.296. The minimum absolute atomic E-state index is 0.591. The van der Waals surface area contributed by atoms with Crippen molar-refractivity contribution in [2.45, 2.75) is 31.8 Å². The quantitative estimate of drug-likeness (QED) is 0.651. The number of benzene rings is 1. The molecule has 0 atom stereocenters. The van der Waals surface area contributed by atoms with Crippen molar-refractivity contribution in [1.29, 1.82) is 0 Å². The summed E-state index contributed by atoms with van der Waals surface area (Å²) in [4.78, 5) is 4.24. The maximum Gasteiger partial charge on any atom is 0.191 e. The van der Waals surface area contributed by atoms with E-state index in [0.717, 1.165) is 36.0 Å². The number of nitrogens with zero attached hydrogens (tertiary/aromatic N) is 1. The van der Waals surface area contributed by atoms with Crippen LogP contribution in [0.25, 0.3) is 0 Å². The molecule has 1 aliphatic carbocycles. The number of fused-ring (bicyclic) bond motifs is 1. The number of ether oxygens (including phenoxy) is 2. The molecule has 3 rings (SSSR count). The fourth-order valence-electron chi connectivity index (χ4n) is 2.19. The van der Waals surface area contributed by atoms with E-state index in [9.17, 15) is 0 Å². The molecule has 0 radical (unpaired) electrons. The van der Waals surface area contributed by atoms with E-state index in [4.69, 9.17) is 9.47 Å². The second-order valence-electron chi connectivity index (χ2n) is 5.14. The van der Waals surface area contributed by atoms with E-state index in [1.807, 2.05) is 12.1 Å². The molecule has 0 spiro atoms. The molecule has 0 bridgehead atoms. The highest BCUT2D eigenvalue weighted by atomic mass is 16.5. The van der Waals surface area contributed by atoms with E-state index in [0.29, 0.717) is 19.2 Å². The SMILES string of the molecule is CN=C(NCc1cccc2c1OCCCO2)NC1CC1. The molecule has 0 amide bonds. The zero-order valence-corrected chi connectivity index (χ0v) is 11.8. The van der Waals surface area contributed by atoms with Gasteiger partial charge in [-0.2, -0.15) is 0 Å². The maximum absolute atomic E-state index is 5.81. The monoisotopic (exact) mass is 275 g/mol. The van der Waals surface area contributed by atoms with Gasteiger partial charge in [-0.25, -0.2) is 0 Å². The molecule has 1 heterocycles. The van der Waals surface area contributed by atoms with Crippen molar-refractivity contribution in [3.63, 3.8) is 0 Å². The van der Waals surface area contributed by atoms with Gasteiger partial charge in [0.1, 0.15) is 0 Å². The summed E-state index contributed by atoms with van der Waals surface area (Å²) in [5, 5.41) is 6.70. The summed E-state index contributed by atoms with van der Waals surface area (Å²) < 4.78 is 11.5. The van der Waals surface area contributed by atoms with Crippen molar-refractivity contribution in [1.82, 2.24) is 10.6 Å². The Morgan fingerprint density at radius 2 is 2.15 bits per heavy atom. The molecular weight excluding hydrogens is 254 g/mol. The molecule has 1 saturated carbocycles. The fraction of sp³-hybridized carbons (Fsp3) is 0.533. The molecule has 0 saturated heterocycles. The Bertz CT molecular complexity index is 498. The molecule has 1 aliphatic heterocycles. The zero-order valence-electron chi connectivity index (χ0n) is 11.8. The Hall–Kier alpha value is -1.91. The molecule has 1 aromatic rings. The van der Waals surface area contributed by atoms with Crippen LogP contribution in [0.15, 0.2) is 23.2 Å². The summed E-state index contributed by atoms with van der Waals surface area (Å²) >= 11 is 0. The predicted molar refractivity (Wildman–Crippen MR) is 78.4 cm³/mol. The van der Waals surface area contributed by atoms with Crippen molar-refractivity contribution >= 4 is 5.96 Å². The van der Waals surface area contributed by atoms with Crippen LogP contribution in [0.3, 0.4) is 0 Å². The summed E-state index contributed by atoms with van der Waals surface area (Å²) in [6.45, 7) is 2.10. The molecule has 0 unspecified atom stereocenters. The second kappa shape index (κ2) is 6.03. The van der Waals surface area contributed by atoms with Crippen LogP contribution in [0.4, 0.5) is 0 Å². The van der Waals surface area contributed by atoms with Crippen LogP contribution in [0, 0.1) is 0 Å². The first-order valence-corrected chi connectivity index (χ1v) is 7.21. The predicted octanol–water partition coefficient (Wildman–Crippen LogP) is 1.68. The minimum atomic E-state index is 0.591. The van der Waals surface area contributed by atoms with Crippen molar-refractivity contribution in [3.8, 4) is 11.5 Å². The molecule has 0 aromatic heterocycles. The molecule has 5 heteroatoms. The van der Waals surface area contributed by atoms with Gasteiger partial charge in [-0.3, -0.25) is 4.99 Å². The van der Waals surface area contributed by atoms with E-state index >= 15 is 0 Å². The van der Waals surface area contributed by atoms with Gasteiger partial charge in [0, 0.05) is 31.6 Å². The topological polar surface area (TPSA) is 54.9 Å². The van der Waals surface area contributed by atoms with E-state index < -0.39 is 0 Å². The lowest BCUT2D eigenvalue weighted by Gasteiger charge is -2.15. The van der Waals surface area contributed by atoms with Crippen molar-refractivity contribution < 1.29 is 9.47 Å². The van der Waals surface area contributed by atoms with Gasteiger partial charge in [0.2, 0.25) is 0 Å². The number of rotatable bonds is 3. The van der Waals surface area contributed by atoms with E-state index in [1.165, 1.54) is 12.8 Å². The first-order valence-electron chi connectivity index (χ1n) is 7.21. The number of nitrogens with one attached hydrogen (secondary N) is 2. The van der Waals surface area contributed by atoms with Crippen LogP contribution >= 0.6 is 0 Å². The Balaban J connectivity index is 1.67. The first-order chi connectivity index (χ1) is 9.86. The summed E-state index contributed by atoms with van der Waals surface area (Å²) in [5.41, 5.74) is 1.10. The third kappa shape index (κ3) is 3.15. The molecular formula is C15H21N3O2. The summed E-state index contributed by atoms with van der Waals surface area (Å²) in [7, 11) is 1.79. The van der Waals surface area contributed by atoms with Crippen molar-refractivity contribution in [3.05, 3.63) is 23.8 Å².